The molecule has 144 valence electrons. The second-order valence-corrected chi connectivity index (χ2v) is 11.8. The van der Waals surface area contributed by atoms with Crippen molar-refractivity contribution in [2.45, 2.75) is 117 Å². The van der Waals surface area contributed by atoms with E-state index in [2.05, 4.69) is 27.7 Å². The lowest BCUT2D eigenvalue weighted by Gasteiger charge is -2.35. The Balaban J connectivity index is 2.82. The summed E-state index contributed by atoms with van der Waals surface area (Å²) in [6, 6.07) is 0. The normalized spacial score (nSPS) is 21.3. The molecule has 0 aromatic carbocycles. The minimum Gasteiger partial charge on any atom is -0.323 e. The van der Waals surface area contributed by atoms with Gasteiger partial charge in [-0.25, -0.2) is 0 Å². The van der Waals surface area contributed by atoms with Crippen molar-refractivity contribution in [2.24, 2.45) is 11.8 Å². The molecule has 1 aliphatic carbocycles. The molecule has 1 rings (SSSR count). The summed E-state index contributed by atoms with van der Waals surface area (Å²) in [5.74, 6) is 1.42. The van der Waals surface area contributed by atoms with Gasteiger partial charge in [0.25, 0.3) is 0 Å². The number of hydrogen-bond donors (Lipinski definition) is 0. The van der Waals surface area contributed by atoms with Crippen LogP contribution in [0.4, 0.5) is 0 Å². The molecule has 2 heteroatoms. The van der Waals surface area contributed by atoms with Gasteiger partial charge >= 0.3 is 0 Å². The Morgan fingerprint density at radius 2 is 1.25 bits per heavy atom. The van der Waals surface area contributed by atoms with Gasteiger partial charge in [-0.3, -0.25) is 0 Å². The third kappa shape index (κ3) is 7.63. The molecule has 0 spiro atoms. The zero-order valence-corrected chi connectivity index (χ0v) is 18.1. The molecule has 1 aliphatic rings. The lowest BCUT2D eigenvalue weighted by Crippen LogP contribution is -2.23. The van der Waals surface area contributed by atoms with E-state index in [-0.39, 0.29) is 0 Å². The Morgan fingerprint density at radius 3 is 1.62 bits per heavy atom. The molecular weight excluding hydrogens is 311 g/mol. The van der Waals surface area contributed by atoms with Crippen LogP contribution in [-0.2, 0) is 4.57 Å². The minimum atomic E-state index is -2.02. The molecule has 0 heterocycles. The SMILES string of the molecule is CCCCC(CC)CP(=O)(CC(CC)CCCC)C1CCCCC1. The van der Waals surface area contributed by atoms with E-state index in [1.165, 1.54) is 83.5 Å². The van der Waals surface area contributed by atoms with Gasteiger partial charge in [0, 0.05) is 18.0 Å². The predicted octanol–water partition coefficient (Wildman–Crippen LogP) is 8.12. The first-order chi connectivity index (χ1) is 11.6. The van der Waals surface area contributed by atoms with Gasteiger partial charge < -0.3 is 4.57 Å². The van der Waals surface area contributed by atoms with Crippen molar-refractivity contribution >= 4 is 7.14 Å². The first-order valence-corrected chi connectivity index (χ1v) is 13.3. The zero-order chi connectivity index (χ0) is 17.8. The standard InChI is InChI=1S/C22H45OP/c1-5-9-14-20(7-3)18-24(23,22-16-12-11-13-17-22)19-21(8-4)15-10-6-2/h20-22H,5-19H2,1-4H3. The van der Waals surface area contributed by atoms with Crippen LogP contribution in [0, 0.1) is 11.8 Å². The highest BCUT2D eigenvalue weighted by molar-refractivity contribution is 7.64. The highest BCUT2D eigenvalue weighted by Crippen LogP contribution is 2.59. The summed E-state index contributed by atoms with van der Waals surface area (Å²) in [5, 5.41) is 0. The lowest BCUT2D eigenvalue weighted by atomic mass is 10.00. The lowest BCUT2D eigenvalue weighted by molar-refractivity contribution is 0.438. The Morgan fingerprint density at radius 1 is 0.792 bits per heavy atom. The highest BCUT2D eigenvalue weighted by atomic mass is 31.2. The van der Waals surface area contributed by atoms with Crippen LogP contribution in [0.1, 0.15) is 111 Å². The second-order valence-electron chi connectivity index (χ2n) is 8.44. The van der Waals surface area contributed by atoms with Crippen LogP contribution in [0.3, 0.4) is 0 Å². The minimum absolute atomic E-state index is 0.567. The van der Waals surface area contributed by atoms with Crippen LogP contribution in [0.2, 0.25) is 0 Å². The van der Waals surface area contributed by atoms with E-state index in [1.807, 2.05) is 0 Å². The largest absolute Gasteiger partial charge is 0.323 e. The molecule has 0 amide bonds. The molecule has 0 radical (unpaired) electrons. The Bertz CT molecular complexity index is 324. The van der Waals surface area contributed by atoms with Crippen LogP contribution in [0.15, 0.2) is 0 Å². The first kappa shape index (κ1) is 22.3. The van der Waals surface area contributed by atoms with E-state index in [9.17, 15) is 4.57 Å². The van der Waals surface area contributed by atoms with Gasteiger partial charge in [-0.05, 0) is 24.7 Å². The van der Waals surface area contributed by atoms with Gasteiger partial charge in [-0.15, -0.1) is 0 Å². The average molecular weight is 357 g/mol. The fourth-order valence-corrected chi connectivity index (χ4v) is 9.31. The summed E-state index contributed by atoms with van der Waals surface area (Å²) in [7, 11) is -2.02. The molecule has 0 aliphatic heterocycles. The van der Waals surface area contributed by atoms with E-state index >= 15 is 0 Å². The van der Waals surface area contributed by atoms with Crippen LogP contribution in [0.25, 0.3) is 0 Å². The molecule has 1 saturated carbocycles. The summed E-state index contributed by atoms with van der Waals surface area (Å²) < 4.78 is 14.2. The summed E-state index contributed by atoms with van der Waals surface area (Å²) in [5.41, 5.74) is 0.567. The van der Waals surface area contributed by atoms with Crippen molar-refractivity contribution in [1.29, 1.82) is 0 Å². The molecule has 1 nitrogen and oxygen atoms in total. The summed E-state index contributed by atoms with van der Waals surface area (Å²) in [6.45, 7) is 9.20. The summed E-state index contributed by atoms with van der Waals surface area (Å²) in [4.78, 5) is 0. The molecule has 0 N–H and O–H groups in total. The maximum absolute atomic E-state index is 14.2. The highest BCUT2D eigenvalue weighted by Gasteiger charge is 2.36. The molecule has 0 aromatic heterocycles. The molecular formula is C22H45OP. The van der Waals surface area contributed by atoms with E-state index in [4.69, 9.17) is 0 Å². The molecule has 2 atom stereocenters. The van der Waals surface area contributed by atoms with Gasteiger partial charge in [-0.2, -0.15) is 0 Å². The third-order valence-electron chi connectivity index (χ3n) is 6.46. The second kappa shape index (κ2) is 12.6. The Labute approximate surface area is 153 Å². The number of hydrogen-bond acceptors (Lipinski definition) is 1. The van der Waals surface area contributed by atoms with Gasteiger partial charge in [0.1, 0.15) is 0 Å². The monoisotopic (exact) mass is 356 g/mol. The quantitative estimate of drug-likeness (QED) is 0.304. The maximum atomic E-state index is 14.2. The molecule has 24 heavy (non-hydrogen) atoms. The van der Waals surface area contributed by atoms with E-state index in [1.54, 1.807) is 0 Å². The average Bonchev–Trinajstić information content (AvgIpc) is 2.62. The summed E-state index contributed by atoms with van der Waals surface area (Å²) in [6.07, 6.45) is 18.9. The molecule has 0 saturated heterocycles. The van der Waals surface area contributed by atoms with Crippen molar-refractivity contribution in [3.05, 3.63) is 0 Å². The molecule has 0 bridgehead atoms. The topological polar surface area (TPSA) is 17.1 Å². The van der Waals surface area contributed by atoms with Crippen molar-refractivity contribution in [1.82, 2.24) is 0 Å². The van der Waals surface area contributed by atoms with Crippen molar-refractivity contribution in [2.75, 3.05) is 12.3 Å². The van der Waals surface area contributed by atoms with Crippen LogP contribution < -0.4 is 0 Å². The fraction of sp³-hybridized carbons (Fsp3) is 1.00. The van der Waals surface area contributed by atoms with Crippen LogP contribution >= 0.6 is 7.14 Å². The van der Waals surface area contributed by atoms with Crippen molar-refractivity contribution in [3.8, 4) is 0 Å². The third-order valence-corrected chi connectivity index (χ3v) is 10.6. The first-order valence-electron chi connectivity index (χ1n) is 11.2. The van der Waals surface area contributed by atoms with E-state index < -0.39 is 7.14 Å². The zero-order valence-electron chi connectivity index (χ0n) is 17.2. The molecule has 0 aromatic rings. The van der Waals surface area contributed by atoms with Gasteiger partial charge in [-0.1, -0.05) is 98.3 Å². The van der Waals surface area contributed by atoms with Gasteiger partial charge in [0.15, 0.2) is 0 Å². The van der Waals surface area contributed by atoms with Crippen LogP contribution in [-0.4, -0.2) is 18.0 Å². The smallest absolute Gasteiger partial charge is 0.0912 e. The van der Waals surface area contributed by atoms with Crippen molar-refractivity contribution in [3.63, 3.8) is 0 Å². The van der Waals surface area contributed by atoms with Gasteiger partial charge in [0.05, 0.1) is 7.14 Å². The molecule has 1 fully saturated rings. The number of unbranched alkanes of at least 4 members (excludes halogenated alkanes) is 2. The maximum Gasteiger partial charge on any atom is 0.0912 e. The van der Waals surface area contributed by atoms with E-state index in [0.717, 1.165) is 12.3 Å². The van der Waals surface area contributed by atoms with Gasteiger partial charge in [0.2, 0.25) is 0 Å². The number of rotatable bonds is 13. The van der Waals surface area contributed by atoms with Crippen molar-refractivity contribution < 1.29 is 4.57 Å². The predicted molar refractivity (Wildman–Crippen MR) is 111 cm³/mol. The summed E-state index contributed by atoms with van der Waals surface area (Å²) >= 11 is 0. The Kier molecular flexibility index (Phi) is 11.7. The van der Waals surface area contributed by atoms with E-state index in [0.29, 0.717) is 17.5 Å². The molecule has 2 unspecified atom stereocenters. The Hall–Kier alpha value is 0.230. The van der Waals surface area contributed by atoms with Crippen LogP contribution in [0.5, 0.6) is 0 Å². The fourth-order valence-electron chi connectivity index (χ4n) is 4.63.